The highest BCUT2D eigenvalue weighted by molar-refractivity contribution is 5.95. The Bertz CT molecular complexity index is 1090. The Morgan fingerprint density at radius 1 is 1.03 bits per heavy atom. The fraction of sp³-hybridized carbons (Fsp3) is 0.500. The predicted molar refractivity (Wildman–Crippen MR) is 137 cm³/mol. The number of anilines is 2. The summed E-state index contributed by atoms with van der Waals surface area (Å²) in [6.45, 7) is 4.93. The number of carbonyl (C=O) groups excluding carboxylic acids is 1. The van der Waals surface area contributed by atoms with E-state index in [1.807, 2.05) is 18.3 Å². The van der Waals surface area contributed by atoms with Gasteiger partial charge in [0.25, 0.3) is 0 Å². The normalized spacial score (nSPS) is 26.8. The highest BCUT2D eigenvalue weighted by Crippen LogP contribution is 2.46. The number of aromatic nitrogens is 2. The van der Waals surface area contributed by atoms with Crippen molar-refractivity contribution in [3.63, 3.8) is 0 Å². The van der Waals surface area contributed by atoms with Gasteiger partial charge in [-0.2, -0.15) is 0 Å². The molecule has 2 aliphatic heterocycles. The maximum atomic E-state index is 13.0. The predicted octanol–water partition coefficient (Wildman–Crippen LogP) is 3.44. The molecule has 2 N–H and O–H groups in total. The van der Waals surface area contributed by atoms with Crippen LogP contribution in [0.5, 0.6) is 0 Å². The van der Waals surface area contributed by atoms with Crippen LogP contribution in [0, 0.1) is 5.92 Å². The molecule has 9 nitrogen and oxygen atoms in total. The molecule has 3 heterocycles. The molecule has 0 radical (unpaired) electrons. The van der Waals surface area contributed by atoms with Crippen molar-refractivity contribution in [3.8, 4) is 0 Å². The second-order valence-electron chi connectivity index (χ2n) is 10.6. The zero-order valence-corrected chi connectivity index (χ0v) is 21.3. The second kappa shape index (κ2) is 8.80. The number of hydrogen-bond acceptors (Lipinski definition) is 7. The van der Waals surface area contributed by atoms with Gasteiger partial charge in [-0.15, -0.1) is 5.53 Å². The number of nitrogens with zero attached hydrogens (tertiary/aromatic N) is 6. The van der Waals surface area contributed by atoms with E-state index < -0.39 is 0 Å². The molecule has 0 bridgehead atoms. The van der Waals surface area contributed by atoms with E-state index >= 15 is 0 Å². The minimum atomic E-state index is -0.224. The average Bonchev–Trinajstić information content (AvgIpc) is 3.40. The van der Waals surface area contributed by atoms with Crippen molar-refractivity contribution < 1.29 is 4.79 Å². The molecule has 2 aromatic rings. The maximum absolute atomic E-state index is 13.0. The van der Waals surface area contributed by atoms with Crippen LogP contribution in [0.15, 0.2) is 54.6 Å². The van der Waals surface area contributed by atoms with E-state index in [1.165, 1.54) is 5.56 Å². The quantitative estimate of drug-likeness (QED) is 0.684. The van der Waals surface area contributed by atoms with Crippen molar-refractivity contribution in [1.82, 2.24) is 30.7 Å². The van der Waals surface area contributed by atoms with Gasteiger partial charge in [0, 0.05) is 18.8 Å². The molecule has 0 atom stereocenters. The number of amides is 2. The fourth-order valence-corrected chi connectivity index (χ4v) is 5.77. The lowest BCUT2D eigenvalue weighted by Gasteiger charge is -2.48. The van der Waals surface area contributed by atoms with Crippen LogP contribution in [0.4, 0.5) is 16.4 Å². The fourth-order valence-electron chi connectivity index (χ4n) is 5.77. The molecule has 1 aromatic carbocycles. The van der Waals surface area contributed by atoms with Gasteiger partial charge in [-0.1, -0.05) is 44.2 Å². The van der Waals surface area contributed by atoms with Gasteiger partial charge in [0.1, 0.15) is 0 Å². The van der Waals surface area contributed by atoms with Crippen molar-refractivity contribution in [3.05, 3.63) is 60.2 Å². The van der Waals surface area contributed by atoms with E-state index in [4.69, 9.17) is 0 Å². The smallest absolute Gasteiger partial charge is 0.322 e. The van der Waals surface area contributed by atoms with Gasteiger partial charge in [-0.05, 0) is 51.3 Å². The lowest BCUT2D eigenvalue weighted by molar-refractivity contribution is 0.0658. The molecule has 3 aliphatic rings. The van der Waals surface area contributed by atoms with Gasteiger partial charge in [-0.3, -0.25) is 14.8 Å². The molecule has 1 aromatic heterocycles. The first-order valence-corrected chi connectivity index (χ1v) is 12.4. The SMILES string of the molecule is CC(C)C1=CN(c2ncc(N3CC4(CCC(c5ccccc5)(N(C)C)CC4)NC3=O)cn2)NN1C. The number of urea groups is 1. The monoisotopic (exact) mass is 476 g/mol. The van der Waals surface area contributed by atoms with Gasteiger partial charge in [-0.25, -0.2) is 19.8 Å². The molecule has 1 saturated carbocycles. The molecular formula is C26H36N8O. The van der Waals surface area contributed by atoms with E-state index in [0.717, 1.165) is 37.1 Å². The summed E-state index contributed by atoms with van der Waals surface area (Å²) >= 11 is 0. The molecule has 2 fully saturated rings. The van der Waals surface area contributed by atoms with Gasteiger partial charge < -0.3 is 5.32 Å². The summed E-state index contributed by atoms with van der Waals surface area (Å²) in [6, 6.07) is 10.7. The molecule has 186 valence electrons. The summed E-state index contributed by atoms with van der Waals surface area (Å²) in [7, 11) is 6.30. The summed E-state index contributed by atoms with van der Waals surface area (Å²) < 4.78 is 0. The number of nitrogens with one attached hydrogen (secondary N) is 2. The minimum absolute atomic E-state index is 0.00629. The van der Waals surface area contributed by atoms with Crippen molar-refractivity contribution >= 4 is 17.7 Å². The number of carbonyl (C=O) groups is 1. The third-order valence-electron chi connectivity index (χ3n) is 7.93. The van der Waals surface area contributed by atoms with Crippen LogP contribution in [0.25, 0.3) is 0 Å². The van der Waals surface area contributed by atoms with Crippen LogP contribution in [0.3, 0.4) is 0 Å². The number of hydrazine groups is 2. The van der Waals surface area contributed by atoms with E-state index in [1.54, 1.807) is 22.3 Å². The Balaban J connectivity index is 1.29. The lowest BCUT2D eigenvalue weighted by atomic mass is 9.69. The molecule has 1 spiro atoms. The van der Waals surface area contributed by atoms with Crippen LogP contribution in [-0.2, 0) is 5.54 Å². The molecule has 1 aliphatic carbocycles. The summed E-state index contributed by atoms with van der Waals surface area (Å²) in [6.07, 6.45) is 9.31. The molecule has 2 amide bonds. The number of allylic oxidation sites excluding steroid dienone is 1. The maximum Gasteiger partial charge on any atom is 0.322 e. The molecular weight excluding hydrogens is 440 g/mol. The van der Waals surface area contributed by atoms with E-state index in [-0.39, 0.29) is 17.1 Å². The lowest BCUT2D eigenvalue weighted by Crippen LogP contribution is -2.54. The van der Waals surface area contributed by atoms with E-state index in [2.05, 4.69) is 84.0 Å². The van der Waals surface area contributed by atoms with Crippen LogP contribution in [0.2, 0.25) is 0 Å². The van der Waals surface area contributed by atoms with Crippen LogP contribution in [-0.4, -0.2) is 59.1 Å². The molecule has 1 saturated heterocycles. The Kier molecular flexibility index (Phi) is 5.93. The largest absolute Gasteiger partial charge is 0.330 e. The second-order valence-corrected chi connectivity index (χ2v) is 10.6. The number of hydrogen-bond donors (Lipinski definition) is 2. The van der Waals surface area contributed by atoms with Crippen LogP contribution >= 0.6 is 0 Å². The van der Waals surface area contributed by atoms with Crippen molar-refractivity contribution in [1.29, 1.82) is 0 Å². The van der Waals surface area contributed by atoms with E-state index in [0.29, 0.717) is 18.4 Å². The Morgan fingerprint density at radius 3 is 2.26 bits per heavy atom. The molecule has 5 rings (SSSR count). The zero-order valence-electron chi connectivity index (χ0n) is 21.3. The van der Waals surface area contributed by atoms with Crippen molar-refractivity contribution in [2.75, 3.05) is 37.6 Å². The Morgan fingerprint density at radius 2 is 1.69 bits per heavy atom. The Hall–Kier alpha value is -3.17. The van der Waals surface area contributed by atoms with Gasteiger partial charge in [0.2, 0.25) is 5.95 Å². The molecule has 9 heteroatoms. The number of rotatable bonds is 5. The van der Waals surface area contributed by atoms with Gasteiger partial charge in [0.15, 0.2) is 0 Å². The molecule has 0 unspecified atom stereocenters. The topological polar surface area (TPSA) is 79.9 Å². The highest BCUT2D eigenvalue weighted by Gasteiger charge is 2.50. The summed E-state index contributed by atoms with van der Waals surface area (Å²) in [5, 5.41) is 7.08. The van der Waals surface area contributed by atoms with E-state index in [9.17, 15) is 4.79 Å². The first kappa shape index (κ1) is 23.6. The third kappa shape index (κ3) is 4.12. The minimum Gasteiger partial charge on any atom is -0.330 e. The number of benzene rings is 1. The zero-order chi connectivity index (χ0) is 24.8. The molecule has 35 heavy (non-hydrogen) atoms. The van der Waals surface area contributed by atoms with Gasteiger partial charge >= 0.3 is 6.03 Å². The van der Waals surface area contributed by atoms with Crippen molar-refractivity contribution in [2.45, 2.75) is 50.6 Å². The highest BCUT2D eigenvalue weighted by atomic mass is 16.2. The standard InChI is InChI=1S/C26H36N8O/c1-19(2)22-17-34(30-32(22)5)23-27-15-21(16-28-23)33-18-25(29-24(33)35)11-13-26(14-12-25,31(3)4)20-9-7-6-8-10-20/h6-10,15-17,19,30H,11-14,18H2,1-5H3,(H,29,35). The summed E-state index contributed by atoms with van der Waals surface area (Å²) in [5.41, 5.74) is 6.22. The van der Waals surface area contributed by atoms with Crippen LogP contribution < -0.4 is 20.8 Å². The van der Waals surface area contributed by atoms with Crippen LogP contribution in [0.1, 0.15) is 45.1 Å². The average molecular weight is 477 g/mol. The third-order valence-corrected chi connectivity index (χ3v) is 7.93. The first-order valence-electron chi connectivity index (χ1n) is 12.4. The Labute approximate surface area is 207 Å². The van der Waals surface area contributed by atoms with Crippen molar-refractivity contribution in [2.24, 2.45) is 5.92 Å². The first-order chi connectivity index (χ1) is 16.7. The summed E-state index contributed by atoms with van der Waals surface area (Å²) in [4.78, 5) is 26.2. The van der Waals surface area contributed by atoms with Gasteiger partial charge in [0.05, 0.1) is 35.9 Å². The summed E-state index contributed by atoms with van der Waals surface area (Å²) in [5.74, 6) is 0.923.